The number of nitrogens with two attached hydrogens (primary N) is 1. The molecule has 0 aromatic carbocycles. The molecule has 1 aliphatic rings. The average Bonchev–Trinajstić information content (AvgIpc) is 2.37. The second kappa shape index (κ2) is 6.98. The summed E-state index contributed by atoms with van der Waals surface area (Å²) in [5, 5.41) is 2.87. The van der Waals surface area contributed by atoms with E-state index in [4.69, 9.17) is 15.2 Å². The molecule has 21 heavy (non-hydrogen) atoms. The first-order chi connectivity index (χ1) is 9.71. The maximum atomic E-state index is 11.9. The van der Waals surface area contributed by atoms with E-state index in [1.807, 2.05) is 20.8 Å². The molecule has 2 amide bonds. The van der Waals surface area contributed by atoms with Crippen LogP contribution in [0.1, 0.15) is 40.5 Å². The number of carbonyl (C=O) groups is 2. The fourth-order valence-electron chi connectivity index (χ4n) is 2.23. The third-order valence-corrected chi connectivity index (χ3v) is 3.40. The summed E-state index contributed by atoms with van der Waals surface area (Å²) in [5.74, 6) is 0. The number of carbonyl (C=O) groups excluding carboxylic acids is 2. The minimum Gasteiger partial charge on any atom is -0.450 e. The standard InChI is InChI=1S/C14H27N3O4/c1-5-20-12(19)17-8-6-14(10-15,7-9-17)16-11(18)21-13(2,3)4/h5-10,15H2,1-4H3,(H,16,18). The van der Waals surface area contributed by atoms with Gasteiger partial charge in [-0.3, -0.25) is 0 Å². The van der Waals surface area contributed by atoms with E-state index in [0.717, 1.165) is 0 Å². The van der Waals surface area contributed by atoms with Gasteiger partial charge in [0.2, 0.25) is 0 Å². The third-order valence-electron chi connectivity index (χ3n) is 3.40. The van der Waals surface area contributed by atoms with Crippen LogP contribution < -0.4 is 11.1 Å². The Hall–Kier alpha value is -1.50. The SMILES string of the molecule is CCOC(=O)N1CCC(CN)(NC(=O)OC(C)(C)C)CC1. The molecule has 0 unspecified atom stereocenters. The average molecular weight is 301 g/mol. The lowest BCUT2D eigenvalue weighted by molar-refractivity contribution is 0.0384. The van der Waals surface area contributed by atoms with Crippen LogP contribution in [-0.2, 0) is 9.47 Å². The summed E-state index contributed by atoms with van der Waals surface area (Å²) in [6.45, 7) is 8.88. The van der Waals surface area contributed by atoms with Gasteiger partial charge < -0.3 is 25.4 Å². The Morgan fingerprint density at radius 3 is 2.29 bits per heavy atom. The van der Waals surface area contributed by atoms with Crippen LogP contribution in [0.15, 0.2) is 0 Å². The van der Waals surface area contributed by atoms with Gasteiger partial charge in [-0.15, -0.1) is 0 Å². The molecular formula is C14H27N3O4. The van der Waals surface area contributed by atoms with E-state index >= 15 is 0 Å². The molecule has 0 aliphatic carbocycles. The second-order valence-corrected chi connectivity index (χ2v) is 6.30. The molecule has 1 heterocycles. The molecule has 0 bridgehead atoms. The largest absolute Gasteiger partial charge is 0.450 e. The van der Waals surface area contributed by atoms with Gasteiger partial charge in [-0.05, 0) is 40.5 Å². The number of amides is 2. The predicted octanol–water partition coefficient (Wildman–Crippen LogP) is 1.46. The molecule has 0 atom stereocenters. The quantitative estimate of drug-likeness (QED) is 0.823. The van der Waals surface area contributed by atoms with Crippen molar-refractivity contribution in [1.29, 1.82) is 0 Å². The summed E-state index contributed by atoms with van der Waals surface area (Å²) < 4.78 is 10.2. The van der Waals surface area contributed by atoms with Crippen molar-refractivity contribution in [3.63, 3.8) is 0 Å². The zero-order valence-electron chi connectivity index (χ0n) is 13.4. The Balaban J connectivity index is 2.56. The van der Waals surface area contributed by atoms with Gasteiger partial charge in [-0.25, -0.2) is 9.59 Å². The Morgan fingerprint density at radius 2 is 1.86 bits per heavy atom. The Morgan fingerprint density at radius 1 is 1.29 bits per heavy atom. The highest BCUT2D eigenvalue weighted by molar-refractivity contribution is 5.70. The maximum absolute atomic E-state index is 11.9. The van der Waals surface area contributed by atoms with Crippen molar-refractivity contribution in [3.05, 3.63) is 0 Å². The maximum Gasteiger partial charge on any atom is 0.409 e. The molecule has 0 saturated carbocycles. The highest BCUT2D eigenvalue weighted by Crippen LogP contribution is 2.22. The van der Waals surface area contributed by atoms with Gasteiger partial charge in [0.15, 0.2) is 0 Å². The van der Waals surface area contributed by atoms with E-state index in [2.05, 4.69) is 5.32 Å². The summed E-state index contributed by atoms with van der Waals surface area (Å²) in [4.78, 5) is 25.2. The summed E-state index contributed by atoms with van der Waals surface area (Å²) in [5.41, 5.74) is 4.75. The molecule has 0 aromatic rings. The predicted molar refractivity (Wildman–Crippen MR) is 79.0 cm³/mol. The van der Waals surface area contributed by atoms with E-state index in [1.54, 1.807) is 11.8 Å². The number of likely N-dealkylation sites (tertiary alicyclic amines) is 1. The smallest absolute Gasteiger partial charge is 0.409 e. The number of hydrogen-bond acceptors (Lipinski definition) is 5. The third kappa shape index (κ3) is 5.41. The summed E-state index contributed by atoms with van der Waals surface area (Å²) in [7, 11) is 0. The summed E-state index contributed by atoms with van der Waals surface area (Å²) in [6.07, 6.45) is 0.376. The van der Waals surface area contributed by atoms with Crippen LogP contribution >= 0.6 is 0 Å². The van der Waals surface area contributed by atoms with E-state index in [-0.39, 0.29) is 6.09 Å². The van der Waals surface area contributed by atoms with Crippen molar-refractivity contribution in [1.82, 2.24) is 10.2 Å². The van der Waals surface area contributed by atoms with E-state index in [0.29, 0.717) is 39.1 Å². The zero-order chi connectivity index (χ0) is 16.1. The van der Waals surface area contributed by atoms with Gasteiger partial charge in [0, 0.05) is 19.6 Å². The monoisotopic (exact) mass is 301 g/mol. The number of nitrogens with one attached hydrogen (secondary N) is 1. The van der Waals surface area contributed by atoms with Crippen molar-refractivity contribution in [2.45, 2.75) is 51.7 Å². The van der Waals surface area contributed by atoms with Crippen molar-refractivity contribution in [2.75, 3.05) is 26.2 Å². The molecule has 1 saturated heterocycles. The fraction of sp³-hybridized carbons (Fsp3) is 0.857. The number of nitrogens with zero attached hydrogens (tertiary/aromatic N) is 1. The molecule has 3 N–H and O–H groups in total. The summed E-state index contributed by atoms with van der Waals surface area (Å²) in [6, 6.07) is 0. The Labute approximate surface area is 126 Å². The molecule has 122 valence electrons. The van der Waals surface area contributed by atoms with Crippen molar-refractivity contribution in [3.8, 4) is 0 Å². The van der Waals surface area contributed by atoms with Crippen molar-refractivity contribution >= 4 is 12.2 Å². The van der Waals surface area contributed by atoms with Crippen molar-refractivity contribution < 1.29 is 19.1 Å². The number of piperidine rings is 1. The van der Waals surface area contributed by atoms with E-state index in [9.17, 15) is 9.59 Å². The van der Waals surface area contributed by atoms with Gasteiger partial charge in [-0.1, -0.05) is 0 Å². The van der Waals surface area contributed by atoms with E-state index in [1.165, 1.54) is 0 Å². The van der Waals surface area contributed by atoms with Crippen LogP contribution in [0, 0.1) is 0 Å². The van der Waals surface area contributed by atoms with Crippen LogP contribution in [-0.4, -0.2) is 54.5 Å². The second-order valence-electron chi connectivity index (χ2n) is 6.30. The minimum atomic E-state index is -0.550. The van der Waals surface area contributed by atoms with E-state index < -0.39 is 17.2 Å². The number of rotatable bonds is 3. The lowest BCUT2D eigenvalue weighted by atomic mass is 9.88. The van der Waals surface area contributed by atoms with Crippen LogP contribution in [0.2, 0.25) is 0 Å². The highest BCUT2D eigenvalue weighted by Gasteiger charge is 2.37. The molecule has 0 radical (unpaired) electrons. The zero-order valence-corrected chi connectivity index (χ0v) is 13.4. The van der Waals surface area contributed by atoms with Crippen LogP contribution in [0.5, 0.6) is 0 Å². The van der Waals surface area contributed by atoms with Crippen LogP contribution in [0.3, 0.4) is 0 Å². The fourth-order valence-corrected chi connectivity index (χ4v) is 2.23. The first-order valence-corrected chi connectivity index (χ1v) is 7.34. The van der Waals surface area contributed by atoms with Crippen molar-refractivity contribution in [2.24, 2.45) is 5.73 Å². The normalized spacial score (nSPS) is 18.0. The molecule has 7 heteroatoms. The number of ether oxygens (including phenoxy) is 2. The van der Waals surface area contributed by atoms with Gasteiger partial charge in [0.1, 0.15) is 5.60 Å². The number of hydrogen-bond donors (Lipinski definition) is 2. The Bertz CT molecular complexity index is 371. The molecule has 1 rings (SSSR count). The minimum absolute atomic E-state index is 0.308. The molecule has 1 fully saturated rings. The summed E-state index contributed by atoms with van der Waals surface area (Å²) >= 11 is 0. The van der Waals surface area contributed by atoms with Gasteiger partial charge in [0.25, 0.3) is 0 Å². The van der Waals surface area contributed by atoms with Crippen LogP contribution in [0.4, 0.5) is 9.59 Å². The molecule has 0 aromatic heterocycles. The van der Waals surface area contributed by atoms with Gasteiger partial charge in [-0.2, -0.15) is 0 Å². The van der Waals surface area contributed by atoms with Gasteiger partial charge >= 0.3 is 12.2 Å². The van der Waals surface area contributed by atoms with Crippen LogP contribution in [0.25, 0.3) is 0 Å². The highest BCUT2D eigenvalue weighted by atomic mass is 16.6. The molecule has 1 aliphatic heterocycles. The first-order valence-electron chi connectivity index (χ1n) is 7.34. The van der Waals surface area contributed by atoms with Gasteiger partial charge in [0.05, 0.1) is 12.1 Å². The Kier molecular flexibility index (Phi) is 5.83. The number of alkyl carbamates (subject to hydrolysis) is 1. The first kappa shape index (κ1) is 17.6. The molecule has 7 nitrogen and oxygen atoms in total. The lowest BCUT2D eigenvalue weighted by Crippen LogP contribution is -2.60. The molecular weight excluding hydrogens is 274 g/mol. The topological polar surface area (TPSA) is 93.9 Å². The molecule has 0 spiro atoms. The lowest BCUT2D eigenvalue weighted by Gasteiger charge is -2.41.